The van der Waals surface area contributed by atoms with Crippen LogP contribution in [0.4, 0.5) is 0 Å². The van der Waals surface area contributed by atoms with E-state index in [4.69, 9.17) is 23.2 Å². The number of carbonyl (C=O) groups excluding carboxylic acids is 2. The lowest BCUT2D eigenvalue weighted by Gasteiger charge is -2.32. The van der Waals surface area contributed by atoms with Crippen LogP contribution in [0.3, 0.4) is 0 Å². The fraction of sp³-hybridized carbons (Fsp3) is 0.310. The maximum atomic E-state index is 13.7. The number of amides is 2. The average molecular weight is 544 g/mol. The van der Waals surface area contributed by atoms with E-state index in [1.165, 1.54) is 11.8 Å². The standard InChI is InChI=1S/C29H32Cl2N2O2S/c1-21(2)17-32-29(35)27(16-22-10-5-3-6-11-22)33(18-24-25(30)14-9-15-26(24)31)28(34)20-36-19-23-12-7-4-8-13-23/h3-15,21,27H,16-20H2,1-2H3,(H,32,35). The Morgan fingerprint density at radius 3 is 2.03 bits per heavy atom. The molecular weight excluding hydrogens is 511 g/mol. The van der Waals surface area contributed by atoms with Crippen molar-refractivity contribution in [3.63, 3.8) is 0 Å². The van der Waals surface area contributed by atoms with Gasteiger partial charge in [-0.3, -0.25) is 9.59 Å². The number of nitrogens with one attached hydrogen (secondary N) is 1. The Morgan fingerprint density at radius 1 is 0.861 bits per heavy atom. The predicted molar refractivity (Wildman–Crippen MR) is 151 cm³/mol. The van der Waals surface area contributed by atoms with E-state index in [0.717, 1.165) is 11.1 Å². The highest BCUT2D eigenvalue weighted by molar-refractivity contribution is 7.99. The van der Waals surface area contributed by atoms with E-state index in [-0.39, 0.29) is 30.0 Å². The topological polar surface area (TPSA) is 49.4 Å². The van der Waals surface area contributed by atoms with Gasteiger partial charge < -0.3 is 10.2 Å². The summed E-state index contributed by atoms with van der Waals surface area (Å²) in [5.41, 5.74) is 2.76. The molecule has 4 nitrogen and oxygen atoms in total. The van der Waals surface area contributed by atoms with Crippen molar-refractivity contribution in [2.75, 3.05) is 12.3 Å². The minimum absolute atomic E-state index is 0.132. The second-order valence-electron chi connectivity index (χ2n) is 9.04. The zero-order valence-corrected chi connectivity index (χ0v) is 23.0. The average Bonchev–Trinajstić information content (AvgIpc) is 2.87. The first kappa shape index (κ1) is 28.1. The molecule has 3 aromatic carbocycles. The molecule has 190 valence electrons. The highest BCUT2D eigenvalue weighted by atomic mass is 35.5. The third-order valence-electron chi connectivity index (χ3n) is 5.68. The quantitative estimate of drug-likeness (QED) is 0.279. The van der Waals surface area contributed by atoms with Crippen LogP contribution in [0.1, 0.15) is 30.5 Å². The minimum atomic E-state index is -0.705. The molecule has 0 heterocycles. The summed E-state index contributed by atoms with van der Waals surface area (Å²) in [5, 5.41) is 3.97. The number of hydrogen-bond donors (Lipinski definition) is 1. The van der Waals surface area contributed by atoms with E-state index in [2.05, 4.69) is 5.32 Å². The van der Waals surface area contributed by atoms with Gasteiger partial charge in [0.15, 0.2) is 0 Å². The van der Waals surface area contributed by atoms with Crippen molar-refractivity contribution in [2.24, 2.45) is 5.92 Å². The molecule has 0 saturated heterocycles. The second kappa shape index (κ2) is 14.3. The van der Waals surface area contributed by atoms with E-state index in [0.29, 0.717) is 34.3 Å². The van der Waals surface area contributed by atoms with Crippen LogP contribution in [0.15, 0.2) is 78.9 Å². The number of nitrogens with zero attached hydrogens (tertiary/aromatic N) is 1. The van der Waals surface area contributed by atoms with E-state index >= 15 is 0 Å². The summed E-state index contributed by atoms with van der Waals surface area (Å²) in [6.45, 7) is 4.76. The third kappa shape index (κ3) is 8.58. The van der Waals surface area contributed by atoms with E-state index in [9.17, 15) is 9.59 Å². The predicted octanol–water partition coefficient (Wildman–Crippen LogP) is 6.64. The maximum absolute atomic E-state index is 13.7. The van der Waals surface area contributed by atoms with E-state index in [1.54, 1.807) is 23.1 Å². The maximum Gasteiger partial charge on any atom is 0.243 e. The summed E-state index contributed by atoms with van der Waals surface area (Å²) < 4.78 is 0. The second-order valence-corrected chi connectivity index (χ2v) is 10.8. The van der Waals surface area contributed by atoms with Crippen molar-refractivity contribution in [2.45, 2.75) is 38.6 Å². The molecule has 3 aromatic rings. The molecule has 7 heteroatoms. The van der Waals surface area contributed by atoms with Gasteiger partial charge in [-0.05, 0) is 29.2 Å². The monoisotopic (exact) mass is 542 g/mol. The van der Waals surface area contributed by atoms with Gasteiger partial charge in [-0.25, -0.2) is 0 Å². The highest BCUT2D eigenvalue weighted by Gasteiger charge is 2.31. The zero-order valence-electron chi connectivity index (χ0n) is 20.6. The van der Waals surface area contributed by atoms with Gasteiger partial charge in [-0.2, -0.15) is 0 Å². The molecule has 0 bridgehead atoms. The Morgan fingerprint density at radius 2 is 1.44 bits per heavy atom. The van der Waals surface area contributed by atoms with Gasteiger partial charge in [0.25, 0.3) is 0 Å². The molecule has 1 atom stereocenters. The van der Waals surface area contributed by atoms with Crippen LogP contribution < -0.4 is 5.32 Å². The number of carbonyl (C=O) groups is 2. The molecule has 2 amide bonds. The number of thioether (sulfide) groups is 1. The summed E-state index contributed by atoms with van der Waals surface area (Å²) >= 11 is 14.5. The Hall–Kier alpha value is -2.47. The summed E-state index contributed by atoms with van der Waals surface area (Å²) in [5.74, 6) is 0.912. The number of hydrogen-bond acceptors (Lipinski definition) is 3. The number of halogens is 2. The van der Waals surface area contributed by atoms with E-state index in [1.807, 2.05) is 74.5 Å². The van der Waals surface area contributed by atoms with E-state index < -0.39 is 6.04 Å². The van der Waals surface area contributed by atoms with Crippen LogP contribution in [0.25, 0.3) is 0 Å². The molecule has 0 aromatic heterocycles. The Labute approximate surface area is 228 Å². The lowest BCUT2D eigenvalue weighted by Crippen LogP contribution is -2.51. The summed E-state index contributed by atoms with van der Waals surface area (Å²) in [6, 6.07) is 24.3. The lowest BCUT2D eigenvalue weighted by atomic mass is 10.0. The smallest absolute Gasteiger partial charge is 0.243 e. The first-order valence-corrected chi connectivity index (χ1v) is 13.9. The fourth-order valence-corrected chi connectivity index (χ4v) is 5.13. The highest BCUT2D eigenvalue weighted by Crippen LogP contribution is 2.28. The van der Waals surface area contributed by atoms with Crippen molar-refractivity contribution >= 4 is 46.8 Å². The molecule has 0 aliphatic heterocycles. The van der Waals surface area contributed by atoms with Crippen LogP contribution in [-0.2, 0) is 28.3 Å². The Kier molecular flexibility index (Phi) is 11.2. The van der Waals surface area contributed by atoms with Crippen molar-refractivity contribution in [1.29, 1.82) is 0 Å². The Bertz CT molecular complexity index is 1110. The molecule has 0 fully saturated rings. The van der Waals surface area contributed by atoms with Crippen LogP contribution in [0, 0.1) is 5.92 Å². The Balaban J connectivity index is 1.89. The molecule has 0 aliphatic rings. The third-order valence-corrected chi connectivity index (χ3v) is 7.38. The normalized spacial score (nSPS) is 11.8. The summed E-state index contributed by atoms with van der Waals surface area (Å²) in [6.07, 6.45) is 0.391. The van der Waals surface area contributed by atoms with Gasteiger partial charge in [0, 0.05) is 40.9 Å². The molecule has 3 rings (SSSR count). The van der Waals surface area contributed by atoms with Crippen LogP contribution in [0.5, 0.6) is 0 Å². The van der Waals surface area contributed by atoms with Crippen molar-refractivity contribution in [3.8, 4) is 0 Å². The fourth-order valence-electron chi connectivity index (χ4n) is 3.74. The van der Waals surface area contributed by atoms with Gasteiger partial charge in [-0.1, -0.05) is 104 Å². The molecule has 0 radical (unpaired) electrons. The molecule has 0 spiro atoms. The van der Waals surface area contributed by atoms with Gasteiger partial charge in [0.05, 0.1) is 5.75 Å². The zero-order chi connectivity index (χ0) is 25.9. The van der Waals surface area contributed by atoms with Crippen molar-refractivity contribution in [1.82, 2.24) is 10.2 Å². The van der Waals surface area contributed by atoms with Gasteiger partial charge in [0.2, 0.25) is 11.8 Å². The van der Waals surface area contributed by atoms with Gasteiger partial charge in [0.1, 0.15) is 6.04 Å². The first-order chi connectivity index (χ1) is 17.3. The molecule has 36 heavy (non-hydrogen) atoms. The van der Waals surface area contributed by atoms with Crippen LogP contribution >= 0.6 is 35.0 Å². The molecule has 0 aliphatic carbocycles. The molecule has 0 saturated carbocycles. The van der Waals surface area contributed by atoms with Gasteiger partial charge in [-0.15, -0.1) is 11.8 Å². The van der Waals surface area contributed by atoms with Crippen LogP contribution in [-0.4, -0.2) is 35.1 Å². The lowest BCUT2D eigenvalue weighted by molar-refractivity contribution is -0.139. The number of benzene rings is 3. The van der Waals surface area contributed by atoms with Crippen molar-refractivity contribution < 1.29 is 9.59 Å². The summed E-state index contributed by atoms with van der Waals surface area (Å²) in [4.78, 5) is 28.8. The first-order valence-electron chi connectivity index (χ1n) is 12.0. The molecular formula is C29H32Cl2N2O2S. The molecule has 1 unspecified atom stereocenters. The largest absolute Gasteiger partial charge is 0.354 e. The molecule has 1 N–H and O–H groups in total. The minimum Gasteiger partial charge on any atom is -0.354 e. The van der Waals surface area contributed by atoms with Crippen LogP contribution in [0.2, 0.25) is 10.0 Å². The summed E-state index contributed by atoms with van der Waals surface area (Å²) in [7, 11) is 0. The SMILES string of the molecule is CC(C)CNC(=O)C(Cc1ccccc1)N(Cc1c(Cl)cccc1Cl)C(=O)CSCc1ccccc1. The number of rotatable bonds is 12. The van der Waals surface area contributed by atoms with Gasteiger partial charge >= 0.3 is 0 Å². The van der Waals surface area contributed by atoms with Crippen molar-refractivity contribution in [3.05, 3.63) is 106 Å².